The number of nitrogens with zero attached hydrogens (tertiary/aromatic N) is 4. The van der Waals surface area contributed by atoms with Crippen LogP contribution in [0.15, 0.2) is 136 Å². The molecule has 0 bridgehead atoms. The zero-order valence-electron chi connectivity index (χ0n) is 43.0. The number of nitrogens with one attached hydrogen (secondary N) is 2. The summed E-state index contributed by atoms with van der Waals surface area (Å²) in [5.41, 5.74) is -3.40. The highest BCUT2D eigenvalue weighted by Gasteiger charge is 2.48. The van der Waals surface area contributed by atoms with Crippen molar-refractivity contribution in [2.24, 2.45) is 5.92 Å². The third kappa shape index (κ3) is 15.7. The third-order valence-electron chi connectivity index (χ3n) is 13.5. The molecule has 0 aromatic heterocycles. The second-order valence-electron chi connectivity index (χ2n) is 20.2. The maximum atomic E-state index is 14.4. The Morgan fingerprint density at radius 2 is 1.47 bits per heavy atom. The third-order valence-corrected chi connectivity index (χ3v) is 17.7. The molecule has 76 heavy (non-hydrogen) atoms. The van der Waals surface area contributed by atoms with Crippen LogP contribution < -0.4 is 14.9 Å². The van der Waals surface area contributed by atoms with Gasteiger partial charge in [0.15, 0.2) is 0 Å². The Balaban J connectivity index is 0.978. The van der Waals surface area contributed by atoms with Crippen LogP contribution in [-0.4, -0.2) is 137 Å². The molecule has 0 spiro atoms. The number of aliphatic hydroxyl groups excluding tert-OH is 1. The predicted molar refractivity (Wildman–Crippen MR) is 293 cm³/mol. The number of rotatable bonds is 20. The highest BCUT2D eigenvalue weighted by molar-refractivity contribution is 7.99. The van der Waals surface area contributed by atoms with Gasteiger partial charge in [0.25, 0.3) is 25.8 Å². The maximum absolute atomic E-state index is 14.4. The fourth-order valence-electron chi connectivity index (χ4n) is 9.24. The van der Waals surface area contributed by atoms with Crippen molar-refractivity contribution in [1.29, 1.82) is 0 Å². The lowest BCUT2D eigenvalue weighted by molar-refractivity contribution is -0.0436. The van der Waals surface area contributed by atoms with E-state index in [1.807, 2.05) is 111 Å². The number of hydrogen-bond donors (Lipinski definition) is 3. The first-order valence-electron chi connectivity index (χ1n) is 25.2. The number of ether oxygens (including phenoxy) is 1. The van der Waals surface area contributed by atoms with E-state index in [2.05, 4.69) is 20.0 Å². The summed E-state index contributed by atoms with van der Waals surface area (Å²) in [6, 6.07) is 32.5. The molecule has 1 unspecified atom stereocenters. The average molecular weight is 1130 g/mol. The van der Waals surface area contributed by atoms with Gasteiger partial charge in [-0.15, -0.1) is 11.8 Å². The fourth-order valence-corrected chi connectivity index (χ4v) is 12.4. The number of sulfone groups is 1. The van der Waals surface area contributed by atoms with E-state index >= 15 is 0 Å². The van der Waals surface area contributed by atoms with Crippen molar-refractivity contribution in [2.45, 2.75) is 84.4 Å². The molecule has 14 nitrogen and oxygen atoms in total. The number of aliphatic hydroxyl groups is 1. The molecule has 7 rings (SSSR count). The van der Waals surface area contributed by atoms with Crippen LogP contribution in [0.4, 0.5) is 29.3 Å². The zero-order valence-corrected chi connectivity index (χ0v) is 46.2. The highest BCUT2D eigenvalue weighted by Crippen LogP contribution is 2.39. The predicted octanol–water partition coefficient (Wildman–Crippen LogP) is 10.2. The van der Waals surface area contributed by atoms with Crippen molar-refractivity contribution in [3.05, 3.63) is 137 Å². The van der Waals surface area contributed by atoms with E-state index in [0.29, 0.717) is 88.5 Å². The summed E-state index contributed by atoms with van der Waals surface area (Å²) in [6.45, 7) is 11.2. The molecule has 5 aromatic rings. The summed E-state index contributed by atoms with van der Waals surface area (Å²) >= 11 is 7.54. The Bertz CT molecular complexity index is 2970. The van der Waals surface area contributed by atoms with Crippen LogP contribution in [0.2, 0.25) is 5.02 Å². The SMILES string of the molecule is CN(CCCN1CCN(C(=O)OC(C)(C)C)CC1)CCC(CSc1ccccc1)Nc1ccc(S(=O)(=O)NC(=O)c2ccc(N3CCC([C@@H](O)c4ccccc4-c4ccc(Cl)cc4)CC3)cc2)cc1S(=O)(=O)C(F)(F)F. The summed E-state index contributed by atoms with van der Waals surface area (Å²) < 4.78 is 104. The van der Waals surface area contributed by atoms with Crippen molar-refractivity contribution >= 4 is 66.6 Å². The minimum Gasteiger partial charge on any atom is -0.444 e. The lowest BCUT2D eigenvalue weighted by atomic mass is 9.84. The molecule has 410 valence electrons. The molecule has 21 heteroatoms. The van der Waals surface area contributed by atoms with Crippen LogP contribution in [0.5, 0.6) is 0 Å². The second-order valence-corrected chi connectivity index (χ2v) is 25.3. The molecule has 2 amide bonds. The summed E-state index contributed by atoms with van der Waals surface area (Å²) in [7, 11) is -9.10. The van der Waals surface area contributed by atoms with Gasteiger partial charge in [-0.2, -0.15) is 13.2 Å². The number of benzene rings is 5. The van der Waals surface area contributed by atoms with Gasteiger partial charge in [0, 0.05) is 72.2 Å². The molecular weight excluding hydrogens is 1060 g/mol. The molecule has 3 N–H and O–H groups in total. The van der Waals surface area contributed by atoms with E-state index < -0.39 is 64.5 Å². The standard InChI is InChI=1S/C55H66ClF3N6O8S3/c1-54(2,3)73-53(68)65-35-33-63(34-36-65)29-10-28-62(4)30-27-43(38-74-45-11-6-5-7-12-45)60-49-24-23-46(37-50(49)75(69,70)55(57,58)59)76(71,72)61-52(67)41-17-21-44(22-18-41)64-31-25-40(26-32-64)51(66)48-14-9-8-13-47(48)39-15-19-42(56)20-16-39/h5-9,11-24,37,40,43,51,60,66H,10,25-36,38H2,1-4H3,(H,61,67)/t43?,51-/m1/s1. The first kappa shape index (κ1) is 58.3. The van der Waals surface area contributed by atoms with E-state index in [9.17, 15) is 44.7 Å². The number of halogens is 4. The summed E-state index contributed by atoms with van der Waals surface area (Å²) in [5.74, 6) is -0.778. The van der Waals surface area contributed by atoms with Crippen LogP contribution in [-0.2, 0) is 24.6 Å². The quantitative estimate of drug-likeness (QED) is 0.0631. The minimum absolute atomic E-state index is 0.0286. The number of thioether (sulfide) groups is 1. The summed E-state index contributed by atoms with van der Waals surface area (Å²) in [5, 5.41) is 15.2. The normalized spacial score (nSPS) is 16.1. The van der Waals surface area contributed by atoms with Gasteiger partial charge in [-0.3, -0.25) is 9.69 Å². The average Bonchev–Trinajstić information content (AvgIpc) is 3.39. The number of piperazine rings is 1. The number of sulfonamides is 1. The van der Waals surface area contributed by atoms with Crippen LogP contribution in [0.3, 0.4) is 0 Å². The lowest BCUT2D eigenvalue weighted by Crippen LogP contribution is -2.50. The van der Waals surface area contributed by atoms with Crippen molar-refractivity contribution in [2.75, 3.05) is 81.9 Å². The van der Waals surface area contributed by atoms with Gasteiger partial charge >= 0.3 is 11.6 Å². The number of piperidine rings is 1. The van der Waals surface area contributed by atoms with Gasteiger partial charge in [-0.1, -0.05) is 66.2 Å². The van der Waals surface area contributed by atoms with E-state index in [0.717, 1.165) is 52.4 Å². The Labute approximate surface area is 453 Å². The molecule has 2 heterocycles. The number of carbonyl (C=O) groups excluding carboxylic acids is 2. The molecule has 5 aromatic carbocycles. The highest BCUT2D eigenvalue weighted by atomic mass is 35.5. The molecule has 2 atom stereocenters. The van der Waals surface area contributed by atoms with Crippen LogP contribution in [0.25, 0.3) is 11.1 Å². The number of alkyl halides is 3. The Kier molecular flexibility index (Phi) is 19.5. The lowest BCUT2D eigenvalue weighted by Gasteiger charge is -2.36. The Hall–Kier alpha value is -5.35. The van der Waals surface area contributed by atoms with Crippen LogP contribution >= 0.6 is 23.4 Å². The molecule has 2 aliphatic heterocycles. The monoisotopic (exact) mass is 1130 g/mol. The zero-order chi connectivity index (χ0) is 54.8. The summed E-state index contributed by atoms with van der Waals surface area (Å²) in [4.78, 5) is 32.8. The minimum atomic E-state index is -6.12. The van der Waals surface area contributed by atoms with E-state index in [4.69, 9.17) is 16.3 Å². The largest absolute Gasteiger partial charge is 0.501 e. The smallest absolute Gasteiger partial charge is 0.444 e. The summed E-state index contributed by atoms with van der Waals surface area (Å²) in [6.07, 6.45) is 1.48. The van der Waals surface area contributed by atoms with Crippen molar-refractivity contribution < 1.29 is 49.4 Å². The number of hydrogen-bond acceptors (Lipinski definition) is 13. The number of amides is 2. The van der Waals surface area contributed by atoms with Gasteiger partial charge in [-0.25, -0.2) is 26.4 Å². The Morgan fingerprint density at radius 1 is 0.829 bits per heavy atom. The van der Waals surface area contributed by atoms with Crippen molar-refractivity contribution in [3.8, 4) is 11.1 Å². The van der Waals surface area contributed by atoms with Gasteiger partial charge in [0.1, 0.15) is 10.5 Å². The molecular formula is C55H66ClF3N6O8S3. The number of carbonyl (C=O) groups is 2. The topological polar surface area (TPSA) is 169 Å². The van der Waals surface area contributed by atoms with Gasteiger partial charge in [0.2, 0.25) is 0 Å². The van der Waals surface area contributed by atoms with Crippen LogP contribution in [0, 0.1) is 5.92 Å². The first-order valence-corrected chi connectivity index (χ1v) is 29.5. The van der Waals surface area contributed by atoms with Crippen LogP contribution in [0.1, 0.15) is 68.5 Å². The Morgan fingerprint density at radius 3 is 2.12 bits per heavy atom. The molecule has 0 aliphatic carbocycles. The van der Waals surface area contributed by atoms with E-state index in [1.54, 1.807) is 17.0 Å². The van der Waals surface area contributed by atoms with E-state index in [-0.39, 0.29) is 17.6 Å². The maximum Gasteiger partial charge on any atom is 0.501 e. The van der Waals surface area contributed by atoms with Crippen molar-refractivity contribution in [3.63, 3.8) is 0 Å². The van der Waals surface area contributed by atoms with E-state index in [1.165, 1.54) is 23.9 Å². The molecule has 0 radical (unpaired) electrons. The van der Waals surface area contributed by atoms with Gasteiger partial charge in [0.05, 0.1) is 16.7 Å². The molecule has 2 fully saturated rings. The van der Waals surface area contributed by atoms with Crippen molar-refractivity contribution in [1.82, 2.24) is 19.4 Å². The van der Waals surface area contributed by atoms with Gasteiger partial charge in [-0.05, 0) is 162 Å². The van der Waals surface area contributed by atoms with Gasteiger partial charge < -0.3 is 29.9 Å². The fraction of sp³-hybridized carbons (Fsp3) is 0.418. The molecule has 2 aliphatic rings. The second kappa shape index (κ2) is 25.4. The molecule has 0 saturated carbocycles. The first-order chi connectivity index (χ1) is 36.0. The molecule has 2 saturated heterocycles. The number of anilines is 2.